The van der Waals surface area contributed by atoms with Gasteiger partial charge in [-0.2, -0.15) is 0 Å². The van der Waals surface area contributed by atoms with Crippen molar-refractivity contribution in [1.29, 1.82) is 0 Å². The predicted molar refractivity (Wildman–Crippen MR) is 228 cm³/mol. The van der Waals surface area contributed by atoms with Crippen molar-refractivity contribution in [1.82, 2.24) is 0 Å². The highest BCUT2D eigenvalue weighted by Gasteiger charge is 2.24. The summed E-state index contributed by atoms with van der Waals surface area (Å²) in [4.78, 5) is 4.84. The molecule has 0 atom stereocenters. The molecule has 0 aliphatic carbocycles. The molecule has 0 bridgehead atoms. The summed E-state index contributed by atoms with van der Waals surface area (Å²) < 4.78 is 0. The smallest absolute Gasteiger partial charge is 0.0541 e. The maximum atomic E-state index is 2.42. The van der Waals surface area contributed by atoms with Crippen molar-refractivity contribution >= 4 is 44.9 Å². The van der Waals surface area contributed by atoms with E-state index in [1.807, 2.05) is 0 Å². The Balaban J connectivity index is 1.56. The van der Waals surface area contributed by atoms with Crippen LogP contribution in [-0.4, -0.2) is 0 Å². The Morgan fingerprint density at radius 2 is 0.481 bits per heavy atom. The zero-order valence-electron chi connectivity index (χ0n) is 33.6. The Labute approximate surface area is 314 Å². The average Bonchev–Trinajstić information content (AvgIpc) is 3.08. The lowest BCUT2D eigenvalue weighted by molar-refractivity contribution is 0.590. The van der Waals surface area contributed by atoms with Crippen LogP contribution in [0.25, 0.3) is 10.8 Å². The molecule has 0 saturated heterocycles. The van der Waals surface area contributed by atoms with Crippen molar-refractivity contribution < 1.29 is 0 Å². The fourth-order valence-electron chi connectivity index (χ4n) is 6.95. The van der Waals surface area contributed by atoms with Crippen LogP contribution >= 0.6 is 0 Å². The van der Waals surface area contributed by atoms with Crippen molar-refractivity contribution in [3.8, 4) is 0 Å². The second kappa shape index (κ2) is 13.6. The molecular formula is C50H58N2. The van der Waals surface area contributed by atoms with Crippen LogP contribution in [0.1, 0.15) is 105 Å². The average molecular weight is 687 g/mol. The van der Waals surface area contributed by atoms with E-state index in [-0.39, 0.29) is 21.7 Å². The summed E-state index contributed by atoms with van der Waals surface area (Å²) in [6, 6.07) is 50.0. The molecule has 6 aromatic carbocycles. The van der Waals surface area contributed by atoms with Gasteiger partial charge in [0.25, 0.3) is 0 Å². The van der Waals surface area contributed by atoms with Gasteiger partial charge in [-0.25, -0.2) is 0 Å². The normalized spacial score (nSPS) is 12.6. The molecule has 0 fully saturated rings. The summed E-state index contributed by atoms with van der Waals surface area (Å²) in [6.45, 7) is 27.3. The molecule has 0 saturated carbocycles. The van der Waals surface area contributed by atoms with Gasteiger partial charge in [-0.1, -0.05) is 156 Å². The number of nitrogens with zero attached hydrogens (tertiary/aromatic N) is 2. The Hall–Kier alpha value is -4.82. The molecule has 268 valence electrons. The maximum absolute atomic E-state index is 2.42. The largest absolute Gasteiger partial charge is 0.310 e. The van der Waals surface area contributed by atoms with Gasteiger partial charge in [0.15, 0.2) is 0 Å². The summed E-state index contributed by atoms with van der Waals surface area (Å²) in [5.41, 5.74) is 12.5. The Morgan fingerprint density at radius 3 is 0.673 bits per heavy atom. The van der Waals surface area contributed by atoms with Gasteiger partial charge in [0, 0.05) is 33.5 Å². The fraction of sp³-hybridized carbons (Fsp3) is 0.320. The highest BCUT2D eigenvalue weighted by atomic mass is 15.2. The third kappa shape index (κ3) is 7.68. The third-order valence-corrected chi connectivity index (χ3v) is 10.3. The minimum atomic E-state index is 0.0751. The van der Waals surface area contributed by atoms with Gasteiger partial charge in [-0.05, 0) is 105 Å². The predicted octanol–water partition coefficient (Wildman–Crippen LogP) is 15.0. The minimum Gasteiger partial charge on any atom is -0.310 e. The first kappa shape index (κ1) is 37.0. The van der Waals surface area contributed by atoms with E-state index in [2.05, 4.69) is 226 Å². The molecule has 6 rings (SSSR count). The molecule has 0 aliphatic rings. The van der Waals surface area contributed by atoms with Crippen LogP contribution < -0.4 is 9.80 Å². The highest BCUT2D eigenvalue weighted by molar-refractivity contribution is 6.07. The minimum absolute atomic E-state index is 0.0751. The van der Waals surface area contributed by atoms with E-state index in [1.54, 1.807) is 0 Å². The number of hydrogen-bond acceptors (Lipinski definition) is 2. The number of benzene rings is 6. The van der Waals surface area contributed by atoms with Crippen molar-refractivity contribution in [3.63, 3.8) is 0 Å². The molecule has 0 unspecified atom stereocenters. The first-order valence-corrected chi connectivity index (χ1v) is 18.9. The Kier molecular flexibility index (Phi) is 9.68. The van der Waals surface area contributed by atoms with E-state index < -0.39 is 0 Å². The van der Waals surface area contributed by atoms with Crippen LogP contribution in [0.5, 0.6) is 0 Å². The van der Waals surface area contributed by atoms with Crippen LogP contribution in [-0.2, 0) is 21.7 Å². The number of rotatable bonds is 6. The van der Waals surface area contributed by atoms with E-state index >= 15 is 0 Å². The van der Waals surface area contributed by atoms with Gasteiger partial charge < -0.3 is 9.80 Å². The molecular weight excluding hydrogens is 629 g/mol. The van der Waals surface area contributed by atoms with Gasteiger partial charge in [0.2, 0.25) is 0 Å². The molecule has 0 aliphatic heterocycles. The van der Waals surface area contributed by atoms with Gasteiger partial charge in [-0.15, -0.1) is 0 Å². The molecule has 2 heteroatoms. The Morgan fingerprint density at radius 1 is 0.269 bits per heavy atom. The van der Waals surface area contributed by atoms with Crippen LogP contribution in [0.4, 0.5) is 34.1 Å². The lowest BCUT2D eigenvalue weighted by atomic mass is 9.86. The molecule has 0 heterocycles. The van der Waals surface area contributed by atoms with Gasteiger partial charge in [0.05, 0.1) is 11.4 Å². The van der Waals surface area contributed by atoms with E-state index in [4.69, 9.17) is 0 Å². The van der Waals surface area contributed by atoms with Crippen molar-refractivity contribution in [3.05, 3.63) is 156 Å². The molecule has 2 nitrogen and oxygen atoms in total. The summed E-state index contributed by atoms with van der Waals surface area (Å²) in [7, 11) is 0. The summed E-state index contributed by atoms with van der Waals surface area (Å²) in [5.74, 6) is 0. The summed E-state index contributed by atoms with van der Waals surface area (Å²) >= 11 is 0. The first-order valence-electron chi connectivity index (χ1n) is 18.9. The molecule has 0 amide bonds. The third-order valence-electron chi connectivity index (χ3n) is 10.3. The van der Waals surface area contributed by atoms with E-state index in [0.717, 1.165) is 34.1 Å². The molecule has 0 spiro atoms. The van der Waals surface area contributed by atoms with Gasteiger partial charge in [-0.3, -0.25) is 0 Å². The second-order valence-corrected chi connectivity index (χ2v) is 18.5. The lowest BCUT2D eigenvalue weighted by Gasteiger charge is -2.32. The highest BCUT2D eigenvalue weighted by Crippen LogP contribution is 2.46. The van der Waals surface area contributed by atoms with Crippen LogP contribution in [0, 0.1) is 0 Å². The molecule has 0 radical (unpaired) electrons. The Bertz CT molecular complexity index is 1850. The number of hydrogen-bond donors (Lipinski definition) is 0. The zero-order chi connectivity index (χ0) is 37.6. The van der Waals surface area contributed by atoms with Crippen LogP contribution in [0.2, 0.25) is 0 Å². The van der Waals surface area contributed by atoms with Crippen LogP contribution in [0.3, 0.4) is 0 Å². The topological polar surface area (TPSA) is 6.48 Å². The standard InChI is InChI=1S/C50H58N2/c1-47(2,3)35-17-25-39(26-18-35)51(40-27-19-36(20-28-40)48(4,5)6)45-33-34-46(44-16-14-13-15-43(44)45)52(41-29-21-37(22-30-41)49(7,8)9)42-31-23-38(24-32-42)50(10,11)12/h13-34H,1-12H3. The van der Waals surface area contributed by atoms with Crippen molar-refractivity contribution in [2.75, 3.05) is 9.80 Å². The van der Waals surface area contributed by atoms with Gasteiger partial charge >= 0.3 is 0 Å². The molecule has 6 aromatic rings. The summed E-state index contributed by atoms with van der Waals surface area (Å²) in [6.07, 6.45) is 0. The number of anilines is 6. The number of fused-ring (bicyclic) bond motifs is 1. The fourth-order valence-corrected chi connectivity index (χ4v) is 6.95. The monoisotopic (exact) mass is 686 g/mol. The molecule has 0 aromatic heterocycles. The molecule has 0 N–H and O–H groups in total. The van der Waals surface area contributed by atoms with Crippen molar-refractivity contribution in [2.45, 2.75) is 105 Å². The van der Waals surface area contributed by atoms with E-state index in [1.165, 1.54) is 33.0 Å². The zero-order valence-corrected chi connectivity index (χ0v) is 33.6. The van der Waals surface area contributed by atoms with Crippen molar-refractivity contribution in [2.24, 2.45) is 0 Å². The SMILES string of the molecule is CC(C)(C)c1ccc(N(c2ccc(C(C)(C)C)cc2)c2ccc(N(c3ccc(C(C)(C)C)cc3)c3ccc(C(C)(C)C)cc3)c3ccccc23)cc1. The maximum Gasteiger partial charge on any atom is 0.0541 e. The molecule has 52 heavy (non-hydrogen) atoms. The first-order chi connectivity index (χ1) is 24.3. The lowest BCUT2D eigenvalue weighted by Crippen LogP contribution is -2.16. The quantitative estimate of drug-likeness (QED) is 0.172. The van der Waals surface area contributed by atoms with Gasteiger partial charge in [0.1, 0.15) is 0 Å². The van der Waals surface area contributed by atoms with E-state index in [0.29, 0.717) is 0 Å². The van der Waals surface area contributed by atoms with E-state index in [9.17, 15) is 0 Å². The van der Waals surface area contributed by atoms with Crippen LogP contribution in [0.15, 0.2) is 133 Å². The second-order valence-electron chi connectivity index (χ2n) is 18.5. The summed E-state index contributed by atoms with van der Waals surface area (Å²) in [5, 5.41) is 2.39.